The molecule has 0 aliphatic rings. The summed E-state index contributed by atoms with van der Waals surface area (Å²) in [4.78, 5) is 20.1. The van der Waals surface area contributed by atoms with Crippen LogP contribution in [0.4, 0.5) is 0 Å². The van der Waals surface area contributed by atoms with Crippen LogP contribution >= 0.6 is 11.8 Å². The molecule has 0 radical (unpaired) electrons. The van der Waals surface area contributed by atoms with Crippen LogP contribution in [-0.4, -0.2) is 21.5 Å². The third kappa shape index (κ3) is 3.96. The topological polar surface area (TPSA) is 42.9 Å². The molecular formula is C14H14N2OS. The Labute approximate surface area is 111 Å². The van der Waals surface area contributed by atoms with E-state index in [2.05, 4.69) is 9.97 Å². The number of aromatic nitrogens is 2. The molecule has 3 nitrogen and oxygen atoms in total. The van der Waals surface area contributed by atoms with Crippen molar-refractivity contribution in [2.24, 2.45) is 0 Å². The lowest BCUT2D eigenvalue weighted by atomic mass is 10.1. The molecule has 0 aliphatic carbocycles. The first-order valence-corrected chi connectivity index (χ1v) is 6.69. The van der Waals surface area contributed by atoms with Crippen LogP contribution in [0.15, 0.2) is 47.9 Å². The number of hydrogen-bond donors (Lipinski definition) is 0. The number of carbonyl (C=O) groups is 1. The van der Waals surface area contributed by atoms with Crippen molar-refractivity contribution in [1.29, 1.82) is 0 Å². The van der Waals surface area contributed by atoms with E-state index in [1.165, 1.54) is 11.8 Å². The Hall–Kier alpha value is -1.68. The van der Waals surface area contributed by atoms with Gasteiger partial charge in [-0.1, -0.05) is 42.1 Å². The van der Waals surface area contributed by atoms with Crippen LogP contribution in [0.1, 0.15) is 11.1 Å². The van der Waals surface area contributed by atoms with Gasteiger partial charge >= 0.3 is 0 Å². The molecule has 0 amide bonds. The van der Waals surface area contributed by atoms with E-state index in [1.54, 1.807) is 12.4 Å². The zero-order valence-corrected chi connectivity index (χ0v) is 11.0. The lowest BCUT2D eigenvalue weighted by Crippen LogP contribution is -2.06. The number of benzene rings is 1. The second-order valence-corrected chi connectivity index (χ2v) is 4.98. The van der Waals surface area contributed by atoms with Crippen molar-refractivity contribution >= 4 is 17.5 Å². The molecule has 0 fully saturated rings. The Bertz CT molecular complexity index is 511. The van der Waals surface area contributed by atoms with Gasteiger partial charge in [0, 0.05) is 18.8 Å². The van der Waals surface area contributed by atoms with Gasteiger partial charge in [0.2, 0.25) is 0 Å². The van der Waals surface area contributed by atoms with E-state index < -0.39 is 0 Å². The molecule has 0 bridgehead atoms. The van der Waals surface area contributed by atoms with E-state index in [0.717, 1.165) is 11.1 Å². The Balaban J connectivity index is 1.83. The highest BCUT2D eigenvalue weighted by Gasteiger charge is 2.05. The fourth-order valence-electron chi connectivity index (χ4n) is 1.47. The summed E-state index contributed by atoms with van der Waals surface area (Å²) in [6, 6.07) is 9.76. The van der Waals surface area contributed by atoms with Gasteiger partial charge in [-0.05, 0) is 18.1 Å². The Morgan fingerprint density at radius 1 is 1.17 bits per heavy atom. The molecule has 0 saturated carbocycles. The van der Waals surface area contributed by atoms with Gasteiger partial charge in [-0.3, -0.25) is 4.79 Å². The lowest BCUT2D eigenvalue weighted by Gasteiger charge is -2.01. The second kappa shape index (κ2) is 6.31. The van der Waals surface area contributed by atoms with Crippen molar-refractivity contribution in [2.45, 2.75) is 18.5 Å². The van der Waals surface area contributed by atoms with E-state index >= 15 is 0 Å². The fraction of sp³-hybridized carbons (Fsp3) is 0.214. The molecule has 0 N–H and O–H groups in total. The van der Waals surface area contributed by atoms with Crippen LogP contribution < -0.4 is 0 Å². The van der Waals surface area contributed by atoms with Crippen LogP contribution in [0.5, 0.6) is 0 Å². The average Bonchev–Trinajstić information content (AvgIpc) is 2.39. The molecule has 0 atom stereocenters. The van der Waals surface area contributed by atoms with Crippen molar-refractivity contribution < 1.29 is 4.79 Å². The molecule has 1 heterocycles. The van der Waals surface area contributed by atoms with E-state index in [1.807, 2.05) is 37.3 Å². The highest BCUT2D eigenvalue weighted by atomic mass is 32.2. The number of rotatable bonds is 5. The minimum Gasteiger partial charge on any atom is -0.298 e. The van der Waals surface area contributed by atoms with Gasteiger partial charge in [-0.2, -0.15) is 0 Å². The van der Waals surface area contributed by atoms with E-state index in [4.69, 9.17) is 0 Å². The van der Waals surface area contributed by atoms with Crippen LogP contribution in [0.25, 0.3) is 0 Å². The Morgan fingerprint density at radius 3 is 2.50 bits per heavy atom. The van der Waals surface area contributed by atoms with Crippen LogP contribution in [-0.2, 0) is 11.2 Å². The lowest BCUT2D eigenvalue weighted by molar-refractivity contribution is -0.116. The maximum atomic E-state index is 11.8. The highest BCUT2D eigenvalue weighted by Crippen LogP contribution is 2.13. The zero-order valence-electron chi connectivity index (χ0n) is 10.2. The Kier molecular flexibility index (Phi) is 4.47. The first-order valence-electron chi connectivity index (χ1n) is 5.71. The summed E-state index contributed by atoms with van der Waals surface area (Å²) in [5, 5.41) is 0.655. The molecule has 1 aromatic heterocycles. The van der Waals surface area contributed by atoms with Crippen molar-refractivity contribution in [3.8, 4) is 0 Å². The molecular weight excluding hydrogens is 244 g/mol. The smallest absolute Gasteiger partial charge is 0.187 e. The first kappa shape index (κ1) is 12.8. The molecule has 92 valence electrons. The fourth-order valence-corrected chi connectivity index (χ4v) is 2.12. The van der Waals surface area contributed by atoms with Crippen molar-refractivity contribution in [2.75, 3.05) is 5.75 Å². The summed E-state index contributed by atoms with van der Waals surface area (Å²) in [7, 11) is 0. The molecule has 2 aromatic rings. The SMILES string of the molecule is Cc1cnc(SCC(=O)Cc2ccccc2)nc1. The molecule has 0 saturated heterocycles. The van der Waals surface area contributed by atoms with Crippen molar-refractivity contribution in [1.82, 2.24) is 9.97 Å². The number of nitrogens with zero attached hydrogens (tertiary/aromatic N) is 2. The molecule has 2 rings (SSSR count). The van der Waals surface area contributed by atoms with E-state index in [-0.39, 0.29) is 5.78 Å². The largest absolute Gasteiger partial charge is 0.298 e. The maximum absolute atomic E-state index is 11.8. The van der Waals surface area contributed by atoms with Gasteiger partial charge < -0.3 is 0 Å². The van der Waals surface area contributed by atoms with Crippen molar-refractivity contribution in [3.05, 3.63) is 53.9 Å². The van der Waals surface area contributed by atoms with E-state index in [9.17, 15) is 4.79 Å². The third-order valence-corrected chi connectivity index (χ3v) is 3.30. The number of hydrogen-bond acceptors (Lipinski definition) is 4. The van der Waals surface area contributed by atoms with Crippen molar-refractivity contribution in [3.63, 3.8) is 0 Å². The second-order valence-electron chi connectivity index (χ2n) is 4.03. The van der Waals surface area contributed by atoms with Gasteiger partial charge in [-0.25, -0.2) is 9.97 Å². The zero-order chi connectivity index (χ0) is 12.8. The summed E-state index contributed by atoms with van der Waals surface area (Å²) in [6.45, 7) is 1.94. The van der Waals surface area contributed by atoms with Gasteiger partial charge in [0.25, 0.3) is 0 Å². The number of ketones is 1. The predicted molar refractivity (Wildman–Crippen MR) is 72.6 cm³/mol. The molecule has 0 spiro atoms. The third-order valence-electron chi connectivity index (χ3n) is 2.36. The minimum atomic E-state index is 0.190. The molecule has 18 heavy (non-hydrogen) atoms. The number of Topliss-reactive ketones (excluding diaryl/α,β-unsaturated/α-hetero) is 1. The van der Waals surface area contributed by atoms with Gasteiger partial charge in [0.1, 0.15) is 5.78 Å². The number of aryl methyl sites for hydroxylation is 1. The summed E-state index contributed by atoms with van der Waals surface area (Å²) >= 11 is 1.38. The predicted octanol–water partition coefficient (Wildman–Crippen LogP) is 2.69. The monoisotopic (exact) mass is 258 g/mol. The normalized spacial score (nSPS) is 10.3. The minimum absolute atomic E-state index is 0.190. The van der Waals surface area contributed by atoms with Gasteiger partial charge in [0.15, 0.2) is 5.16 Å². The van der Waals surface area contributed by atoms with E-state index in [0.29, 0.717) is 17.3 Å². The molecule has 0 aliphatic heterocycles. The highest BCUT2D eigenvalue weighted by molar-refractivity contribution is 7.99. The van der Waals surface area contributed by atoms with Gasteiger partial charge in [0.05, 0.1) is 5.75 Å². The number of carbonyl (C=O) groups excluding carboxylic acids is 1. The number of thioether (sulfide) groups is 1. The maximum Gasteiger partial charge on any atom is 0.187 e. The molecule has 0 unspecified atom stereocenters. The van der Waals surface area contributed by atoms with Gasteiger partial charge in [-0.15, -0.1) is 0 Å². The Morgan fingerprint density at radius 2 is 1.83 bits per heavy atom. The summed E-state index contributed by atoms with van der Waals surface area (Å²) in [5.41, 5.74) is 2.07. The van der Waals surface area contributed by atoms with Crippen LogP contribution in [0.2, 0.25) is 0 Å². The average molecular weight is 258 g/mol. The van der Waals surface area contributed by atoms with Crippen LogP contribution in [0, 0.1) is 6.92 Å². The molecule has 4 heteroatoms. The summed E-state index contributed by atoms with van der Waals surface area (Å²) in [5.74, 6) is 0.605. The summed E-state index contributed by atoms with van der Waals surface area (Å²) in [6.07, 6.45) is 3.99. The first-order chi connectivity index (χ1) is 8.74. The standard InChI is InChI=1S/C14H14N2OS/c1-11-8-15-14(16-9-11)18-10-13(17)7-12-5-3-2-4-6-12/h2-6,8-9H,7,10H2,1H3. The quantitative estimate of drug-likeness (QED) is 0.611. The van der Waals surface area contributed by atoms with Crippen LogP contribution in [0.3, 0.4) is 0 Å². The molecule has 1 aromatic carbocycles. The summed E-state index contributed by atoms with van der Waals surface area (Å²) < 4.78 is 0.